The highest BCUT2D eigenvalue weighted by Gasteiger charge is 2.39. The van der Waals surface area contributed by atoms with Crippen LogP contribution in [-0.2, 0) is 10.8 Å². The van der Waals surface area contributed by atoms with E-state index in [1.54, 1.807) is 0 Å². The Balaban J connectivity index is 1.11. The minimum Gasteiger partial charge on any atom is -0.310 e. The third kappa shape index (κ3) is 4.56. The molecule has 0 N–H and O–H groups in total. The van der Waals surface area contributed by atoms with E-state index in [0.717, 1.165) is 11.4 Å². The average molecular weight is 719 g/mol. The normalized spacial score (nSPS) is 14.4. The number of nitrogens with zero attached hydrogens (tertiary/aromatic N) is 2. The van der Waals surface area contributed by atoms with Crippen molar-refractivity contribution in [3.63, 3.8) is 0 Å². The molecule has 0 radical (unpaired) electrons. The predicted molar refractivity (Wildman–Crippen MR) is 236 cm³/mol. The van der Waals surface area contributed by atoms with Crippen molar-refractivity contribution >= 4 is 38.9 Å². The minimum atomic E-state index is -0.101. The van der Waals surface area contributed by atoms with Crippen LogP contribution in [0.5, 0.6) is 0 Å². The quantitative estimate of drug-likeness (QED) is 0.172. The van der Waals surface area contributed by atoms with Gasteiger partial charge in [-0.1, -0.05) is 155 Å². The van der Waals surface area contributed by atoms with Crippen LogP contribution in [0.3, 0.4) is 0 Å². The first-order chi connectivity index (χ1) is 27.3. The van der Waals surface area contributed by atoms with E-state index in [9.17, 15) is 0 Å². The zero-order valence-electron chi connectivity index (χ0n) is 32.2. The molecule has 2 aliphatic rings. The van der Waals surface area contributed by atoms with E-state index < -0.39 is 0 Å². The molecule has 1 heterocycles. The van der Waals surface area contributed by atoms with Gasteiger partial charge in [-0.3, -0.25) is 0 Å². The molecule has 56 heavy (non-hydrogen) atoms. The number of hydrogen-bond donors (Lipinski definition) is 0. The molecule has 0 saturated carbocycles. The van der Waals surface area contributed by atoms with Gasteiger partial charge < -0.3 is 9.47 Å². The summed E-state index contributed by atoms with van der Waals surface area (Å²) in [5, 5.41) is 2.53. The Hall–Kier alpha value is -6.64. The summed E-state index contributed by atoms with van der Waals surface area (Å²) < 4.78 is 2.40. The maximum Gasteiger partial charge on any atom is 0.0547 e. The van der Waals surface area contributed by atoms with Gasteiger partial charge in [0.2, 0.25) is 0 Å². The van der Waals surface area contributed by atoms with Gasteiger partial charge in [-0.2, -0.15) is 0 Å². The summed E-state index contributed by atoms with van der Waals surface area (Å²) in [6.07, 6.45) is 0. The van der Waals surface area contributed by atoms with E-state index in [2.05, 4.69) is 219 Å². The van der Waals surface area contributed by atoms with Gasteiger partial charge in [0.05, 0.1) is 16.7 Å². The molecule has 0 aliphatic heterocycles. The Morgan fingerprint density at radius 3 is 1.79 bits per heavy atom. The van der Waals surface area contributed by atoms with E-state index >= 15 is 0 Å². The lowest BCUT2D eigenvalue weighted by molar-refractivity contribution is 0.660. The van der Waals surface area contributed by atoms with Gasteiger partial charge >= 0.3 is 0 Å². The fourth-order valence-corrected chi connectivity index (χ4v) is 10.1. The summed E-state index contributed by atoms with van der Waals surface area (Å²) in [5.74, 6) is 0. The smallest absolute Gasteiger partial charge is 0.0547 e. The fourth-order valence-electron chi connectivity index (χ4n) is 10.1. The highest BCUT2D eigenvalue weighted by Crippen LogP contribution is 2.56. The van der Waals surface area contributed by atoms with Crippen LogP contribution >= 0.6 is 0 Å². The van der Waals surface area contributed by atoms with Crippen LogP contribution in [0.15, 0.2) is 182 Å². The van der Waals surface area contributed by atoms with E-state index in [4.69, 9.17) is 0 Å². The molecule has 11 rings (SSSR count). The van der Waals surface area contributed by atoms with Crippen molar-refractivity contribution in [2.75, 3.05) is 4.90 Å². The van der Waals surface area contributed by atoms with Crippen LogP contribution in [0, 0.1) is 0 Å². The predicted octanol–water partition coefficient (Wildman–Crippen LogP) is 14.5. The maximum atomic E-state index is 2.50. The van der Waals surface area contributed by atoms with Gasteiger partial charge in [0, 0.05) is 44.2 Å². The van der Waals surface area contributed by atoms with Crippen molar-refractivity contribution < 1.29 is 0 Å². The molecule has 0 amide bonds. The molecule has 268 valence electrons. The highest BCUT2D eigenvalue weighted by atomic mass is 15.1. The molecular weight excluding hydrogens is 677 g/mol. The third-order valence-corrected chi connectivity index (χ3v) is 12.8. The number of hydrogen-bond acceptors (Lipinski definition) is 1. The molecule has 0 unspecified atom stereocenters. The molecule has 0 bridgehead atoms. The average Bonchev–Trinajstić information content (AvgIpc) is 3.79. The Kier molecular flexibility index (Phi) is 6.98. The number of para-hydroxylation sites is 2. The lowest BCUT2D eigenvalue weighted by Gasteiger charge is -2.30. The Bertz CT molecular complexity index is 3020. The first-order valence-corrected chi connectivity index (χ1v) is 19.8. The molecule has 0 fully saturated rings. The van der Waals surface area contributed by atoms with E-state index in [1.165, 1.54) is 88.8 Å². The molecular formula is C54H42N2. The van der Waals surface area contributed by atoms with Gasteiger partial charge in [-0.15, -0.1) is 0 Å². The van der Waals surface area contributed by atoms with Crippen LogP contribution in [0.1, 0.15) is 49.9 Å². The van der Waals surface area contributed by atoms with Gasteiger partial charge in [0.1, 0.15) is 0 Å². The summed E-state index contributed by atoms with van der Waals surface area (Å²) >= 11 is 0. The van der Waals surface area contributed by atoms with E-state index in [0.29, 0.717) is 0 Å². The number of rotatable bonds is 5. The lowest BCUT2D eigenvalue weighted by atomic mass is 9.82. The monoisotopic (exact) mass is 718 g/mol. The Labute approximate surface area is 328 Å². The van der Waals surface area contributed by atoms with Crippen LogP contribution < -0.4 is 4.90 Å². The summed E-state index contributed by atoms with van der Waals surface area (Å²) in [4.78, 5) is 2.50. The SMILES string of the molecule is CC1(C)c2ccccc2-c2cc(N(c3ccc(-c4cccc5c4c4ccccc4n5-c4ccccc4)cc3)c3cccc4c3-c3ccccc3C4(C)C)ccc21. The van der Waals surface area contributed by atoms with Crippen LogP contribution in [0.4, 0.5) is 17.1 Å². The first-order valence-electron chi connectivity index (χ1n) is 19.8. The second kappa shape index (κ2) is 11.9. The molecule has 2 nitrogen and oxygen atoms in total. The summed E-state index contributed by atoms with van der Waals surface area (Å²) in [5.41, 5.74) is 20.2. The van der Waals surface area contributed by atoms with Crippen molar-refractivity contribution in [3.8, 4) is 39.1 Å². The number of fused-ring (bicyclic) bond motifs is 9. The minimum absolute atomic E-state index is 0.0570. The second-order valence-corrected chi connectivity index (χ2v) is 16.5. The molecule has 1 aromatic heterocycles. The van der Waals surface area contributed by atoms with Gasteiger partial charge in [0.25, 0.3) is 0 Å². The third-order valence-electron chi connectivity index (χ3n) is 12.8. The van der Waals surface area contributed by atoms with Crippen LogP contribution in [-0.4, -0.2) is 4.57 Å². The topological polar surface area (TPSA) is 8.17 Å². The lowest BCUT2D eigenvalue weighted by Crippen LogP contribution is -2.16. The largest absolute Gasteiger partial charge is 0.310 e. The molecule has 2 heteroatoms. The highest BCUT2D eigenvalue weighted by molar-refractivity contribution is 6.15. The standard InChI is InChI=1S/C54H42N2/c1-53(2)44-22-11-8-18-40(44)43-34-38(32-33-46(43)53)55(50-27-15-24-47-52(50)41-19-9-12-23-45(41)54(47,3)4)37-30-28-35(29-31-37)39-21-14-26-49-51(39)42-20-10-13-25-48(42)56(49)36-16-6-5-7-17-36/h5-34H,1-4H3. The van der Waals surface area contributed by atoms with Gasteiger partial charge in [-0.25, -0.2) is 0 Å². The summed E-state index contributed by atoms with van der Waals surface area (Å²) in [7, 11) is 0. The Morgan fingerprint density at radius 1 is 0.411 bits per heavy atom. The van der Waals surface area contributed by atoms with E-state index in [-0.39, 0.29) is 10.8 Å². The zero-order chi connectivity index (χ0) is 37.8. The first kappa shape index (κ1) is 32.8. The fraction of sp³-hybridized carbons (Fsp3) is 0.111. The number of anilines is 3. The van der Waals surface area contributed by atoms with Crippen molar-refractivity contribution in [2.24, 2.45) is 0 Å². The van der Waals surface area contributed by atoms with Crippen LogP contribution in [0.25, 0.3) is 60.9 Å². The second-order valence-electron chi connectivity index (χ2n) is 16.5. The van der Waals surface area contributed by atoms with E-state index in [1.807, 2.05) is 0 Å². The molecule has 0 atom stereocenters. The molecule has 9 aromatic rings. The maximum absolute atomic E-state index is 2.50. The van der Waals surface area contributed by atoms with Crippen molar-refractivity contribution in [3.05, 3.63) is 204 Å². The van der Waals surface area contributed by atoms with Crippen molar-refractivity contribution in [2.45, 2.75) is 38.5 Å². The van der Waals surface area contributed by atoms with Crippen molar-refractivity contribution in [1.82, 2.24) is 4.57 Å². The number of benzene rings is 8. The number of aromatic nitrogens is 1. The summed E-state index contributed by atoms with van der Waals surface area (Å²) in [6.45, 7) is 9.44. The van der Waals surface area contributed by atoms with Gasteiger partial charge in [-0.05, 0) is 105 Å². The molecule has 0 spiro atoms. The Morgan fingerprint density at radius 2 is 0.982 bits per heavy atom. The zero-order valence-corrected chi connectivity index (χ0v) is 32.2. The molecule has 2 aliphatic carbocycles. The van der Waals surface area contributed by atoms with Crippen LogP contribution in [0.2, 0.25) is 0 Å². The molecule has 8 aromatic carbocycles. The van der Waals surface area contributed by atoms with Crippen molar-refractivity contribution in [1.29, 1.82) is 0 Å². The van der Waals surface area contributed by atoms with Gasteiger partial charge in [0.15, 0.2) is 0 Å². The summed E-state index contributed by atoms with van der Waals surface area (Å²) in [6, 6.07) is 67.5. The molecule has 0 saturated heterocycles.